The molecule has 0 bridgehead atoms. The van der Waals surface area contributed by atoms with Crippen molar-refractivity contribution in [2.45, 2.75) is 19.6 Å². The maximum absolute atomic E-state index is 12.5. The van der Waals surface area contributed by atoms with Crippen molar-refractivity contribution in [3.63, 3.8) is 0 Å². The van der Waals surface area contributed by atoms with Crippen LogP contribution in [0.4, 0.5) is 0 Å². The molecule has 8 nitrogen and oxygen atoms in total. The normalized spacial score (nSPS) is 13.0. The third-order valence-electron chi connectivity index (χ3n) is 2.96. The first kappa shape index (κ1) is 20.1. The smallest absolute Gasteiger partial charge is 0.206 e. The minimum atomic E-state index is -5.05. The van der Waals surface area contributed by atoms with Crippen LogP contribution in [0.25, 0.3) is 0 Å². The zero-order valence-corrected chi connectivity index (χ0v) is 15.7. The van der Waals surface area contributed by atoms with E-state index in [2.05, 4.69) is 0 Å². The lowest BCUT2D eigenvalue weighted by Crippen LogP contribution is -2.07. The summed E-state index contributed by atoms with van der Waals surface area (Å²) in [5, 5.41) is -0.958. The molecular weight excluding hydrogens is 439 g/mol. The quantitative estimate of drug-likeness (QED) is 0.645. The van der Waals surface area contributed by atoms with E-state index in [4.69, 9.17) is 23.2 Å². The predicted molar refractivity (Wildman–Crippen MR) is 84.3 cm³/mol. The minimum Gasteiger partial charge on any atom is -0.744 e. The number of halogens is 2. The van der Waals surface area contributed by atoms with E-state index in [0.29, 0.717) is 12.1 Å². The van der Waals surface area contributed by atoms with Crippen LogP contribution in [0, 0.1) is 0 Å². The standard InChI is InChI=1S/C12H8Cl2O8S3/c13-9-3-1-7(5-11(9)24(17,18)19)23(15,16)8-2-4-10(14)12(6-8)25(20,21)22/h1-6H,(H,17,18,19)(H,20,21,22)/p-2. The lowest BCUT2D eigenvalue weighted by molar-refractivity contribution is 0.460. The van der Waals surface area contributed by atoms with Crippen LogP contribution >= 0.6 is 23.2 Å². The monoisotopic (exact) mass is 444 g/mol. The van der Waals surface area contributed by atoms with E-state index < -0.39 is 59.7 Å². The molecule has 2 aromatic rings. The molecule has 0 atom stereocenters. The van der Waals surface area contributed by atoms with E-state index in [9.17, 15) is 34.4 Å². The van der Waals surface area contributed by atoms with Gasteiger partial charge < -0.3 is 9.11 Å². The average molecular weight is 445 g/mol. The summed E-state index contributed by atoms with van der Waals surface area (Å²) in [4.78, 5) is -3.19. The number of hydrogen-bond donors (Lipinski definition) is 0. The Hall–Kier alpha value is -1.21. The molecule has 0 heterocycles. The fourth-order valence-corrected chi connectivity index (χ4v) is 5.24. The number of benzene rings is 2. The van der Waals surface area contributed by atoms with Gasteiger partial charge in [0, 0.05) is 0 Å². The van der Waals surface area contributed by atoms with Crippen molar-refractivity contribution in [1.29, 1.82) is 0 Å². The van der Waals surface area contributed by atoms with Crippen molar-refractivity contribution in [1.82, 2.24) is 0 Å². The molecule has 0 aliphatic heterocycles. The van der Waals surface area contributed by atoms with Crippen LogP contribution < -0.4 is 0 Å². The van der Waals surface area contributed by atoms with Gasteiger partial charge in [-0.3, -0.25) is 0 Å². The zero-order valence-electron chi connectivity index (χ0n) is 11.7. The van der Waals surface area contributed by atoms with Gasteiger partial charge in [-0.1, -0.05) is 23.2 Å². The Morgan fingerprint density at radius 1 is 0.640 bits per heavy atom. The molecule has 0 spiro atoms. The molecule has 13 heteroatoms. The van der Waals surface area contributed by atoms with E-state index in [0.717, 1.165) is 24.3 Å². The molecule has 0 saturated carbocycles. The van der Waals surface area contributed by atoms with Crippen molar-refractivity contribution < 1.29 is 34.4 Å². The van der Waals surface area contributed by atoms with Gasteiger partial charge in [0.15, 0.2) is 0 Å². The first-order valence-corrected chi connectivity index (χ1v) is 11.1. The Morgan fingerprint density at radius 3 is 1.24 bits per heavy atom. The predicted octanol–water partition coefficient (Wildman–Crippen LogP) is 1.63. The van der Waals surface area contributed by atoms with Gasteiger partial charge in [-0.05, 0) is 36.4 Å². The molecule has 0 radical (unpaired) electrons. The van der Waals surface area contributed by atoms with Crippen LogP contribution in [-0.2, 0) is 30.1 Å². The second-order valence-electron chi connectivity index (χ2n) is 4.60. The summed E-state index contributed by atoms with van der Waals surface area (Å²) in [5.74, 6) is 0. The Kier molecular flexibility index (Phi) is 5.23. The zero-order chi connectivity index (χ0) is 19.2. The fraction of sp³-hybridized carbons (Fsp3) is 0. The van der Waals surface area contributed by atoms with Gasteiger partial charge in [0.05, 0.1) is 29.6 Å². The Balaban J connectivity index is 2.73. The van der Waals surface area contributed by atoms with E-state index in [1.165, 1.54) is 0 Å². The highest BCUT2D eigenvalue weighted by Gasteiger charge is 2.22. The first-order chi connectivity index (χ1) is 11.2. The third kappa shape index (κ3) is 4.14. The molecule has 136 valence electrons. The molecular formula is C12H6Cl2O8S3-2. The molecule has 0 amide bonds. The summed E-state index contributed by atoms with van der Waals surface area (Å²) in [6, 6.07) is 4.71. The summed E-state index contributed by atoms with van der Waals surface area (Å²) in [6.07, 6.45) is 0. The number of hydrogen-bond acceptors (Lipinski definition) is 8. The second-order valence-corrected chi connectivity index (χ2v) is 10.1. The third-order valence-corrected chi connectivity index (χ3v) is 7.35. The van der Waals surface area contributed by atoms with E-state index in [1.54, 1.807) is 0 Å². The number of rotatable bonds is 4. The van der Waals surface area contributed by atoms with Crippen LogP contribution in [0.3, 0.4) is 0 Å². The largest absolute Gasteiger partial charge is 0.744 e. The maximum Gasteiger partial charge on any atom is 0.206 e. The van der Waals surface area contributed by atoms with E-state index in [-0.39, 0.29) is 0 Å². The summed E-state index contributed by atoms with van der Waals surface area (Å²) >= 11 is 11.1. The second kappa shape index (κ2) is 6.50. The van der Waals surface area contributed by atoms with Gasteiger partial charge >= 0.3 is 0 Å². The van der Waals surface area contributed by atoms with E-state index >= 15 is 0 Å². The average Bonchev–Trinajstić information content (AvgIpc) is 2.45. The molecule has 0 fully saturated rings. The molecule has 2 aromatic carbocycles. The summed E-state index contributed by atoms with van der Waals surface area (Å²) < 4.78 is 91.8. The van der Waals surface area contributed by atoms with Crippen LogP contribution in [0.15, 0.2) is 56.0 Å². The minimum absolute atomic E-state index is 0.479. The lowest BCUT2D eigenvalue weighted by atomic mass is 10.3. The SMILES string of the molecule is O=S(=O)([O-])c1cc(S(=O)(=O)c2ccc(Cl)c(S(=O)(=O)[O-])c2)ccc1Cl. The highest BCUT2D eigenvalue weighted by molar-refractivity contribution is 7.91. The van der Waals surface area contributed by atoms with Gasteiger partial charge in [0.2, 0.25) is 9.84 Å². The summed E-state index contributed by atoms with van der Waals surface area (Å²) in [6.45, 7) is 0. The molecule has 0 aliphatic rings. The van der Waals surface area contributed by atoms with Crippen LogP contribution in [-0.4, -0.2) is 34.4 Å². The summed E-state index contributed by atoms with van der Waals surface area (Å²) in [7, 11) is -14.6. The molecule has 0 N–H and O–H groups in total. The molecule has 0 saturated heterocycles. The topological polar surface area (TPSA) is 149 Å². The Bertz CT molecular complexity index is 1080. The van der Waals surface area contributed by atoms with Crippen molar-refractivity contribution in [2.24, 2.45) is 0 Å². The molecule has 0 aliphatic carbocycles. The Morgan fingerprint density at radius 2 is 0.960 bits per heavy atom. The highest BCUT2D eigenvalue weighted by Crippen LogP contribution is 2.31. The first-order valence-electron chi connectivity index (χ1n) is 6.00. The molecule has 2 rings (SSSR count). The fourth-order valence-electron chi connectivity index (χ4n) is 1.82. The van der Waals surface area contributed by atoms with Crippen molar-refractivity contribution >= 4 is 53.3 Å². The van der Waals surface area contributed by atoms with Crippen LogP contribution in [0.1, 0.15) is 0 Å². The number of sulfone groups is 1. The molecule has 0 aromatic heterocycles. The van der Waals surface area contributed by atoms with Crippen LogP contribution in [0.2, 0.25) is 10.0 Å². The highest BCUT2D eigenvalue weighted by atomic mass is 35.5. The van der Waals surface area contributed by atoms with Gasteiger partial charge in [0.1, 0.15) is 20.2 Å². The van der Waals surface area contributed by atoms with E-state index in [1.807, 2.05) is 0 Å². The van der Waals surface area contributed by atoms with Crippen LogP contribution in [0.5, 0.6) is 0 Å². The van der Waals surface area contributed by atoms with Crippen molar-refractivity contribution in [2.75, 3.05) is 0 Å². The molecule has 25 heavy (non-hydrogen) atoms. The lowest BCUT2D eigenvalue weighted by Gasteiger charge is -2.13. The maximum atomic E-state index is 12.5. The van der Waals surface area contributed by atoms with Gasteiger partial charge in [0.25, 0.3) is 0 Å². The van der Waals surface area contributed by atoms with Crippen molar-refractivity contribution in [3.8, 4) is 0 Å². The summed E-state index contributed by atoms with van der Waals surface area (Å²) in [5.41, 5.74) is 0. The van der Waals surface area contributed by atoms with Gasteiger partial charge in [-0.25, -0.2) is 25.3 Å². The van der Waals surface area contributed by atoms with Gasteiger partial charge in [-0.2, -0.15) is 0 Å². The van der Waals surface area contributed by atoms with Crippen molar-refractivity contribution in [3.05, 3.63) is 46.4 Å². The Labute approximate surface area is 153 Å². The molecule has 0 unspecified atom stereocenters. The van der Waals surface area contributed by atoms with Gasteiger partial charge in [-0.15, -0.1) is 0 Å².